The molecule has 22 heavy (non-hydrogen) atoms. The van der Waals surface area contributed by atoms with E-state index in [-0.39, 0.29) is 12.4 Å². The fourth-order valence-electron chi connectivity index (χ4n) is 3.69. The van der Waals surface area contributed by atoms with Gasteiger partial charge in [0, 0.05) is 48.2 Å². The number of halogens is 1. The van der Waals surface area contributed by atoms with E-state index in [9.17, 15) is 0 Å². The van der Waals surface area contributed by atoms with Crippen molar-refractivity contribution in [3.63, 3.8) is 0 Å². The summed E-state index contributed by atoms with van der Waals surface area (Å²) < 4.78 is 1.87. The summed E-state index contributed by atoms with van der Waals surface area (Å²) in [5, 5.41) is 7.79. The first-order valence-corrected chi connectivity index (χ1v) is 8.55. The van der Waals surface area contributed by atoms with Crippen LogP contribution in [0.25, 0.3) is 10.4 Å². The second-order valence-electron chi connectivity index (χ2n) is 6.56. The first kappa shape index (κ1) is 16.0. The molecule has 2 aliphatic heterocycles. The summed E-state index contributed by atoms with van der Waals surface area (Å²) in [4.78, 5) is 5.43. The SMILES string of the molecule is Cl.Cn1cc(-c2ccc(CN3CCC4(CCNC4)C3)s2)cn1. The molecule has 2 aromatic heterocycles. The molecule has 1 spiro atoms. The zero-order chi connectivity index (χ0) is 14.3. The van der Waals surface area contributed by atoms with E-state index in [0.29, 0.717) is 5.41 Å². The minimum Gasteiger partial charge on any atom is -0.316 e. The first-order chi connectivity index (χ1) is 10.2. The van der Waals surface area contributed by atoms with Crippen LogP contribution < -0.4 is 5.32 Å². The van der Waals surface area contributed by atoms with Gasteiger partial charge in [-0.25, -0.2) is 0 Å². The molecule has 0 aromatic carbocycles. The van der Waals surface area contributed by atoms with Crippen LogP contribution in [0.15, 0.2) is 24.5 Å². The first-order valence-electron chi connectivity index (χ1n) is 7.73. The van der Waals surface area contributed by atoms with E-state index in [1.54, 1.807) is 0 Å². The smallest absolute Gasteiger partial charge is 0.0576 e. The second-order valence-corrected chi connectivity index (χ2v) is 7.72. The lowest BCUT2D eigenvalue weighted by Gasteiger charge is -2.22. The lowest BCUT2D eigenvalue weighted by molar-refractivity contribution is 0.270. The maximum atomic E-state index is 4.26. The van der Waals surface area contributed by atoms with E-state index < -0.39 is 0 Å². The molecular formula is C16H23ClN4S. The van der Waals surface area contributed by atoms with Crippen molar-refractivity contribution in [2.75, 3.05) is 26.2 Å². The maximum absolute atomic E-state index is 4.26. The molecule has 2 aliphatic rings. The quantitative estimate of drug-likeness (QED) is 0.934. The Morgan fingerprint density at radius 2 is 2.27 bits per heavy atom. The van der Waals surface area contributed by atoms with Crippen molar-refractivity contribution in [2.45, 2.75) is 19.4 Å². The molecule has 4 rings (SSSR count). The van der Waals surface area contributed by atoms with E-state index in [1.165, 1.54) is 54.3 Å². The third-order valence-electron chi connectivity index (χ3n) is 4.88. The number of nitrogens with zero attached hydrogens (tertiary/aromatic N) is 3. The third kappa shape index (κ3) is 3.08. The molecule has 1 unspecified atom stereocenters. The van der Waals surface area contributed by atoms with Gasteiger partial charge < -0.3 is 5.32 Å². The van der Waals surface area contributed by atoms with Gasteiger partial charge in [0.1, 0.15) is 0 Å². The van der Waals surface area contributed by atoms with Gasteiger partial charge in [-0.15, -0.1) is 23.7 Å². The molecule has 1 atom stereocenters. The van der Waals surface area contributed by atoms with Gasteiger partial charge in [-0.1, -0.05) is 0 Å². The highest BCUT2D eigenvalue weighted by atomic mass is 35.5. The fourth-order valence-corrected chi connectivity index (χ4v) is 4.72. The van der Waals surface area contributed by atoms with Crippen molar-refractivity contribution >= 4 is 23.7 Å². The third-order valence-corrected chi connectivity index (χ3v) is 6.00. The Kier molecular flexibility index (Phi) is 4.59. The molecule has 0 amide bonds. The van der Waals surface area contributed by atoms with Gasteiger partial charge >= 0.3 is 0 Å². The van der Waals surface area contributed by atoms with Crippen molar-refractivity contribution in [3.8, 4) is 10.4 Å². The van der Waals surface area contributed by atoms with E-state index in [2.05, 4.69) is 33.6 Å². The summed E-state index contributed by atoms with van der Waals surface area (Å²) >= 11 is 1.91. The zero-order valence-electron chi connectivity index (χ0n) is 12.9. The summed E-state index contributed by atoms with van der Waals surface area (Å²) in [6, 6.07) is 4.52. The van der Waals surface area contributed by atoms with Gasteiger partial charge in [-0.05, 0) is 43.5 Å². The van der Waals surface area contributed by atoms with Gasteiger partial charge in [-0.3, -0.25) is 9.58 Å². The highest BCUT2D eigenvalue weighted by Gasteiger charge is 2.40. The lowest BCUT2D eigenvalue weighted by atomic mass is 9.87. The van der Waals surface area contributed by atoms with Crippen LogP contribution in [-0.4, -0.2) is 40.9 Å². The van der Waals surface area contributed by atoms with Gasteiger partial charge in [-0.2, -0.15) is 5.10 Å². The van der Waals surface area contributed by atoms with Crippen LogP contribution in [0.2, 0.25) is 0 Å². The number of rotatable bonds is 3. The molecular weight excluding hydrogens is 316 g/mol. The largest absolute Gasteiger partial charge is 0.316 e. The number of hydrogen-bond donors (Lipinski definition) is 1. The summed E-state index contributed by atoms with van der Waals surface area (Å²) in [5.74, 6) is 0. The Morgan fingerprint density at radius 3 is 3.00 bits per heavy atom. The Labute approximate surface area is 141 Å². The van der Waals surface area contributed by atoms with Crippen molar-refractivity contribution in [1.82, 2.24) is 20.0 Å². The monoisotopic (exact) mass is 338 g/mol. The average Bonchev–Trinajstić information content (AvgIpc) is 3.21. The predicted molar refractivity (Wildman–Crippen MR) is 93.6 cm³/mol. The number of thiophene rings is 1. The number of likely N-dealkylation sites (tertiary alicyclic amines) is 1. The molecule has 6 heteroatoms. The Hall–Kier alpha value is -0.880. The molecule has 2 fully saturated rings. The van der Waals surface area contributed by atoms with Crippen LogP contribution in [0.1, 0.15) is 17.7 Å². The summed E-state index contributed by atoms with van der Waals surface area (Å²) in [6.45, 7) is 6.04. The number of aryl methyl sites for hydroxylation is 1. The average molecular weight is 339 g/mol. The molecule has 120 valence electrons. The standard InChI is InChI=1S/C16H22N4S.ClH/c1-19-9-13(8-18-19)15-3-2-14(21-15)10-20-7-5-16(12-20)4-6-17-11-16;/h2-3,8-9,17H,4-7,10-12H2,1H3;1H. The second kappa shape index (κ2) is 6.32. The highest BCUT2D eigenvalue weighted by Crippen LogP contribution is 2.37. The topological polar surface area (TPSA) is 33.1 Å². The summed E-state index contributed by atoms with van der Waals surface area (Å²) in [6.07, 6.45) is 6.75. The Morgan fingerprint density at radius 1 is 1.36 bits per heavy atom. The van der Waals surface area contributed by atoms with Crippen LogP contribution >= 0.6 is 23.7 Å². The highest BCUT2D eigenvalue weighted by molar-refractivity contribution is 7.15. The van der Waals surface area contributed by atoms with Crippen LogP contribution in [0.3, 0.4) is 0 Å². The minimum absolute atomic E-state index is 0. The Bertz CT molecular complexity index is 630. The number of hydrogen-bond acceptors (Lipinski definition) is 4. The van der Waals surface area contributed by atoms with Crippen LogP contribution in [0.4, 0.5) is 0 Å². The molecule has 2 saturated heterocycles. The maximum Gasteiger partial charge on any atom is 0.0576 e. The van der Waals surface area contributed by atoms with Gasteiger partial charge in [0.25, 0.3) is 0 Å². The normalized spacial score (nSPS) is 25.0. The molecule has 0 bridgehead atoms. The van der Waals surface area contributed by atoms with E-state index in [0.717, 1.165) is 6.54 Å². The van der Waals surface area contributed by atoms with E-state index >= 15 is 0 Å². The van der Waals surface area contributed by atoms with Gasteiger partial charge in [0.15, 0.2) is 0 Å². The van der Waals surface area contributed by atoms with Crippen molar-refractivity contribution < 1.29 is 0 Å². The van der Waals surface area contributed by atoms with Crippen molar-refractivity contribution in [2.24, 2.45) is 12.5 Å². The molecule has 0 saturated carbocycles. The van der Waals surface area contributed by atoms with Crippen LogP contribution in [0, 0.1) is 5.41 Å². The van der Waals surface area contributed by atoms with Gasteiger partial charge in [0.05, 0.1) is 6.20 Å². The minimum atomic E-state index is 0. The summed E-state index contributed by atoms with van der Waals surface area (Å²) in [7, 11) is 1.97. The van der Waals surface area contributed by atoms with E-state index in [1.807, 2.05) is 29.3 Å². The van der Waals surface area contributed by atoms with Crippen molar-refractivity contribution in [3.05, 3.63) is 29.4 Å². The molecule has 0 aliphatic carbocycles. The molecule has 0 radical (unpaired) electrons. The molecule has 1 N–H and O–H groups in total. The van der Waals surface area contributed by atoms with Gasteiger partial charge in [0.2, 0.25) is 0 Å². The number of nitrogens with one attached hydrogen (secondary N) is 1. The summed E-state index contributed by atoms with van der Waals surface area (Å²) in [5.41, 5.74) is 1.80. The zero-order valence-corrected chi connectivity index (χ0v) is 14.6. The molecule has 4 heterocycles. The van der Waals surface area contributed by atoms with Crippen LogP contribution in [-0.2, 0) is 13.6 Å². The lowest BCUT2D eigenvalue weighted by Crippen LogP contribution is -2.28. The Balaban J connectivity index is 0.00000144. The molecule has 2 aromatic rings. The molecule has 4 nitrogen and oxygen atoms in total. The van der Waals surface area contributed by atoms with E-state index in [4.69, 9.17) is 0 Å². The predicted octanol–water partition coefficient (Wildman–Crippen LogP) is 2.76. The van der Waals surface area contributed by atoms with Crippen molar-refractivity contribution in [1.29, 1.82) is 0 Å². The fraction of sp³-hybridized carbons (Fsp3) is 0.562. The van der Waals surface area contributed by atoms with Crippen LogP contribution in [0.5, 0.6) is 0 Å². The number of aromatic nitrogens is 2.